The lowest BCUT2D eigenvalue weighted by Gasteiger charge is -2.47. The van der Waals surface area contributed by atoms with Crippen LogP contribution < -0.4 is 0 Å². The Balaban J connectivity index is 1.51. The van der Waals surface area contributed by atoms with Crippen molar-refractivity contribution in [2.45, 2.75) is 43.6 Å². The summed E-state index contributed by atoms with van der Waals surface area (Å²) in [4.78, 5) is 0. The van der Waals surface area contributed by atoms with Crippen LogP contribution in [0.1, 0.15) is 17.4 Å². The van der Waals surface area contributed by atoms with E-state index in [4.69, 9.17) is 23.7 Å². The Hall–Kier alpha value is -1.80. The maximum absolute atomic E-state index is 10.7. The number of ether oxygens (including phenoxy) is 5. The predicted octanol–water partition coefficient (Wildman–Crippen LogP) is 2.42. The summed E-state index contributed by atoms with van der Waals surface area (Å²) in [6.07, 6.45) is -3.70. The Labute approximate surface area is 158 Å². The molecule has 0 saturated carbocycles. The first-order valence-corrected chi connectivity index (χ1v) is 9.10. The average Bonchev–Trinajstić information content (AvgIpc) is 2.74. The van der Waals surface area contributed by atoms with Crippen LogP contribution in [0.4, 0.5) is 0 Å². The summed E-state index contributed by atoms with van der Waals surface area (Å²) >= 11 is 0. The van der Waals surface area contributed by atoms with Gasteiger partial charge in [-0.15, -0.1) is 0 Å². The van der Waals surface area contributed by atoms with Crippen molar-refractivity contribution in [2.24, 2.45) is 0 Å². The van der Waals surface area contributed by atoms with Crippen molar-refractivity contribution in [1.82, 2.24) is 0 Å². The first-order valence-electron chi connectivity index (χ1n) is 9.10. The lowest BCUT2D eigenvalue weighted by Crippen LogP contribution is -2.62. The van der Waals surface area contributed by atoms with Gasteiger partial charge >= 0.3 is 0 Å². The number of rotatable bonds is 5. The molecule has 6 atom stereocenters. The van der Waals surface area contributed by atoms with Gasteiger partial charge in [-0.3, -0.25) is 0 Å². The zero-order valence-corrected chi connectivity index (χ0v) is 15.1. The van der Waals surface area contributed by atoms with E-state index >= 15 is 0 Å². The van der Waals surface area contributed by atoms with E-state index in [2.05, 4.69) is 0 Å². The van der Waals surface area contributed by atoms with Gasteiger partial charge in [-0.05, 0) is 5.56 Å². The summed E-state index contributed by atoms with van der Waals surface area (Å²) in [6.45, 7) is 0.699. The third-order valence-electron chi connectivity index (χ3n) is 4.90. The Morgan fingerprint density at radius 2 is 1.70 bits per heavy atom. The first kappa shape index (κ1) is 18.6. The van der Waals surface area contributed by atoms with Crippen molar-refractivity contribution >= 4 is 0 Å². The molecule has 0 spiro atoms. The van der Waals surface area contributed by atoms with Crippen LogP contribution in [0.15, 0.2) is 60.7 Å². The van der Waals surface area contributed by atoms with E-state index < -0.39 is 30.9 Å². The summed E-state index contributed by atoms with van der Waals surface area (Å²) < 4.78 is 29.2. The third kappa shape index (κ3) is 4.06. The molecule has 0 bridgehead atoms. The zero-order valence-electron chi connectivity index (χ0n) is 15.1. The second-order valence-electron chi connectivity index (χ2n) is 6.71. The zero-order chi connectivity index (χ0) is 18.6. The fourth-order valence-corrected chi connectivity index (χ4v) is 3.49. The SMILES string of the molecule is CO[C@H]1O[C@@H]2CO[C@H](c3ccccc3)O[C@@H]2[C@H](OCc2ccccc2)[C@H]1O. The van der Waals surface area contributed by atoms with Gasteiger partial charge in [-0.2, -0.15) is 0 Å². The van der Waals surface area contributed by atoms with Crippen molar-refractivity contribution in [3.05, 3.63) is 71.8 Å². The Bertz CT molecular complexity index is 709. The number of aliphatic hydroxyl groups is 1. The van der Waals surface area contributed by atoms with Crippen molar-refractivity contribution in [3.63, 3.8) is 0 Å². The number of methoxy groups -OCH3 is 1. The molecule has 0 amide bonds. The maximum Gasteiger partial charge on any atom is 0.186 e. The monoisotopic (exact) mass is 372 g/mol. The summed E-state index contributed by atoms with van der Waals surface area (Å²) in [7, 11) is 1.50. The molecular weight excluding hydrogens is 348 g/mol. The van der Waals surface area contributed by atoms with Crippen LogP contribution in [-0.4, -0.2) is 49.5 Å². The van der Waals surface area contributed by atoms with Gasteiger partial charge in [-0.25, -0.2) is 0 Å². The molecule has 144 valence electrons. The number of hydrogen-bond acceptors (Lipinski definition) is 6. The Kier molecular flexibility index (Phi) is 5.83. The molecule has 2 fully saturated rings. The van der Waals surface area contributed by atoms with E-state index in [1.54, 1.807) is 0 Å². The lowest BCUT2D eigenvalue weighted by atomic mass is 9.97. The topological polar surface area (TPSA) is 66.4 Å². The summed E-state index contributed by atoms with van der Waals surface area (Å²) in [6, 6.07) is 19.5. The fraction of sp³-hybridized carbons (Fsp3) is 0.429. The van der Waals surface area contributed by atoms with Crippen molar-refractivity contribution in [3.8, 4) is 0 Å². The highest BCUT2D eigenvalue weighted by atomic mass is 16.8. The molecular formula is C21H24O6. The molecule has 4 rings (SSSR count). The molecule has 2 aromatic rings. The van der Waals surface area contributed by atoms with E-state index in [0.29, 0.717) is 13.2 Å². The first-order chi connectivity index (χ1) is 13.3. The summed E-state index contributed by atoms with van der Waals surface area (Å²) in [5.74, 6) is 0. The molecule has 6 nitrogen and oxygen atoms in total. The molecule has 6 heteroatoms. The summed E-state index contributed by atoms with van der Waals surface area (Å²) in [5.41, 5.74) is 1.94. The molecule has 2 aliphatic heterocycles. The normalized spacial score (nSPS) is 33.4. The second kappa shape index (κ2) is 8.48. The molecule has 0 aromatic heterocycles. The highest BCUT2D eigenvalue weighted by molar-refractivity contribution is 5.17. The quantitative estimate of drug-likeness (QED) is 0.870. The van der Waals surface area contributed by atoms with E-state index in [0.717, 1.165) is 11.1 Å². The number of aliphatic hydroxyl groups excluding tert-OH is 1. The smallest absolute Gasteiger partial charge is 0.186 e. The van der Waals surface area contributed by atoms with Crippen LogP contribution in [-0.2, 0) is 30.3 Å². The highest BCUT2D eigenvalue weighted by Gasteiger charge is 2.50. The van der Waals surface area contributed by atoms with E-state index in [-0.39, 0.29) is 6.10 Å². The Morgan fingerprint density at radius 3 is 2.41 bits per heavy atom. The minimum Gasteiger partial charge on any atom is -0.385 e. The molecule has 2 saturated heterocycles. The van der Waals surface area contributed by atoms with Gasteiger partial charge in [0.25, 0.3) is 0 Å². The average molecular weight is 372 g/mol. The minimum atomic E-state index is -0.963. The summed E-state index contributed by atoms with van der Waals surface area (Å²) in [5, 5.41) is 10.7. The van der Waals surface area contributed by atoms with Gasteiger partial charge in [0.15, 0.2) is 12.6 Å². The van der Waals surface area contributed by atoms with Crippen LogP contribution >= 0.6 is 0 Å². The van der Waals surface area contributed by atoms with Crippen molar-refractivity contribution < 1.29 is 28.8 Å². The Morgan fingerprint density at radius 1 is 1.00 bits per heavy atom. The van der Waals surface area contributed by atoms with Gasteiger partial charge in [0.05, 0.1) is 13.2 Å². The molecule has 27 heavy (non-hydrogen) atoms. The highest BCUT2D eigenvalue weighted by Crippen LogP contribution is 2.35. The van der Waals surface area contributed by atoms with Crippen molar-refractivity contribution in [2.75, 3.05) is 13.7 Å². The molecule has 2 heterocycles. The third-order valence-corrected chi connectivity index (χ3v) is 4.90. The van der Waals surface area contributed by atoms with Crippen LogP contribution in [0.5, 0.6) is 0 Å². The number of fused-ring (bicyclic) bond motifs is 1. The van der Waals surface area contributed by atoms with Crippen LogP contribution in [0, 0.1) is 0 Å². The fourth-order valence-electron chi connectivity index (χ4n) is 3.49. The standard InChI is InChI=1S/C21H24O6/c1-23-21-17(22)19(24-12-14-8-4-2-5-9-14)18-16(26-21)13-25-20(27-18)15-10-6-3-7-11-15/h2-11,16-22H,12-13H2,1H3/t16-,17-,18+,19-,20+,21+/m1/s1. The predicted molar refractivity (Wildman–Crippen MR) is 96.7 cm³/mol. The molecule has 0 radical (unpaired) electrons. The van der Waals surface area contributed by atoms with Crippen LogP contribution in [0.25, 0.3) is 0 Å². The maximum atomic E-state index is 10.7. The van der Waals surface area contributed by atoms with Gasteiger partial charge < -0.3 is 28.8 Å². The van der Waals surface area contributed by atoms with Crippen LogP contribution in [0.3, 0.4) is 0 Å². The molecule has 2 aromatic carbocycles. The van der Waals surface area contributed by atoms with E-state index in [1.807, 2.05) is 60.7 Å². The second-order valence-corrected chi connectivity index (χ2v) is 6.71. The molecule has 1 N–H and O–H groups in total. The molecule has 0 aliphatic carbocycles. The van der Waals surface area contributed by atoms with Crippen LogP contribution in [0.2, 0.25) is 0 Å². The van der Waals surface area contributed by atoms with Gasteiger partial charge in [0, 0.05) is 12.7 Å². The molecule has 2 aliphatic rings. The largest absolute Gasteiger partial charge is 0.385 e. The van der Waals surface area contributed by atoms with E-state index in [1.165, 1.54) is 7.11 Å². The van der Waals surface area contributed by atoms with Gasteiger partial charge in [-0.1, -0.05) is 60.7 Å². The number of benzene rings is 2. The van der Waals surface area contributed by atoms with E-state index in [9.17, 15) is 5.11 Å². The van der Waals surface area contributed by atoms with Gasteiger partial charge in [0.1, 0.15) is 24.4 Å². The number of hydrogen-bond donors (Lipinski definition) is 1. The molecule has 0 unspecified atom stereocenters. The minimum absolute atomic E-state index is 0.335. The van der Waals surface area contributed by atoms with Gasteiger partial charge in [0.2, 0.25) is 0 Å². The lowest BCUT2D eigenvalue weighted by molar-refractivity contribution is -0.363. The van der Waals surface area contributed by atoms with Crippen molar-refractivity contribution in [1.29, 1.82) is 0 Å².